The van der Waals surface area contributed by atoms with E-state index in [1.165, 1.54) is 18.2 Å². The van der Waals surface area contributed by atoms with E-state index in [4.69, 9.17) is 22.4 Å². The number of nitrogens with two attached hydrogens (primary N) is 1. The summed E-state index contributed by atoms with van der Waals surface area (Å²) in [5.41, 5.74) is 5.62. The zero-order chi connectivity index (χ0) is 13.9. The van der Waals surface area contributed by atoms with E-state index in [9.17, 15) is 13.6 Å². The normalized spacial score (nSPS) is 13.4. The Kier molecular flexibility index (Phi) is 4.65. The Balaban J connectivity index is 3.08. The molecule has 1 unspecified atom stereocenters. The molecule has 1 aromatic rings. The first-order valence-electron chi connectivity index (χ1n) is 5.37. The smallest absolute Gasteiger partial charge is 0.303 e. The van der Waals surface area contributed by atoms with Gasteiger partial charge in [-0.3, -0.25) is 4.79 Å². The largest absolute Gasteiger partial charge is 0.481 e. The molecule has 100 valence electrons. The highest BCUT2D eigenvalue weighted by molar-refractivity contribution is 6.31. The molecule has 0 aliphatic rings. The van der Waals surface area contributed by atoms with Crippen LogP contribution in [0.25, 0.3) is 0 Å². The molecule has 3 N–H and O–H groups in total. The third kappa shape index (κ3) is 3.65. The fraction of sp³-hybridized carbons (Fsp3) is 0.417. The van der Waals surface area contributed by atoms with Crippen molar-refractivity contribution < 1.29 is 18.7 Å². The van der Waals surface area contributed by atoms with Crippen LogP contribution in [0.5, 0.6) is 0 Å². The van der Waals surface area contributed by atoms with Crippen molar-refractivity contribution in [3.05, 3.63) is 34.3 Å². The minimum atomic E-state index is -3.12. The van der Waals surface area contributed by atoms with Gasteiger partial charge < -0.3 is 10.8 Å². The molecule has 1 atom stereocenters. The second-order valence-electron chi connectivity index (χ2n) is 4.13. The summed E-state index contributed by atoms with van der Waals surface area (Å²) >= 11 is 5.77. The summed E-state index contributed by atoms with van der Waals surface area (Å²) in [6.45, 7) is 0.738. The lowest BCUT2D eigenvalue weighted by molar-refractivity contribution is -0.137. The Morgan fingerprint density at radius 2 is 2.17 bits per heavy atom. The van der Waals surface area contributed by atoms with Crippen molar-refractivity contribution in [3.63, 3.8) is 0 Å². The Labute approximate surface area is 109 Å². The van der Waals surface area contributed by atoms with E-state index in [1.54, 1.807) is 0 Å². The van der Waals surface area contributed by atoms with Crippen LogP contribution in [-0.4, -0.2) is 11.1 Å². The third-order valence-corrected chi connectivity index (χ3v) is 2.87. The number of hydrogen-bond donors (Lipinski definition) is 2. The molecule has 0 aliphatic carbocycles. The SMILES string of the molecule is CC(F)(F)c1c(Cl)cccc1C(N)CCC(=O)O. The predicted octanol–water partition coefficient (Wildman–Crippen LogP) is 3.32. The highest BCUT2D eigenvalue weighted by Gasteiger charge is 2.31. The molecule has 3 nitrogen and oxygen atoms in total. The van der Waals surface area contributed by atoms with E-state index in [0.29, 0.717) is 0 Å². The Bertz CT molecular complexity index is 446. The molecule has 0 heterocycles. The number of halogens is 3. The molecule has 0 radical (unpaired) electrons. The van der Waals surface area contributed by atoms with Gasteiger partial charge in [-0.05, 0) is 18.1 Å². The van der Waals surface area contributed by atoms with Crippen molar-refractivity contribution >= 4 is 17.6 Å². The average Bonchev–Trinajstić information content (AvgIpc) is 2.23. The van der Waals surface area contributed by atoms with Gasteiger partial charge >= 0.3 is 5.97 Å². The van der Waals surface area contributed by atoms with Crippen molar-refractivity contribution in [3.8, 4) is 0 Å². The van der Waals surface area contributed by atoms with Crippen LogP contribution in [0.2, 0.25) is 5.02 Å². The van der Waals surface area contributed by atoms with Crippen molar-refractivity contribution in [1.82, 2.24) is 0 Å². The summed E-state index contributed by atoms with van der Waals surface area (Å²) in [7, 11) is 0. The molecular formula is C12H14ClF2NO2. The van der Waals surface area contributed by atoms with Crippen LogP contribution < -0.4 is 5.73 Å². The van der Waals surface area contributed by atoms with Gasteiger partial charge in [0.25, 0.3) is 5.92 Å². The first-order chi connectivity index (χ1) is 8.23. The number of rotatable bonds is 5. The topological polar surface area (TPSA) is 63.3 Å². The second-order valence-corrected chi connectivity index (χ2v) is 4.54. The maximum atomic E-state index is 13.5. The third-order valence-electron chi connectivity index (χ3n) is 2.55. The highest BCUT2D eigenvalue weighted by atomic mass is 35.5. The molecule has 0 aliphatic heterocycles. The number of benzene rings is 1. The molecule has 0 spiro atoms. The molecule has 0 bridgehead atoms. The number of aliphatic carboxylic acids is 1. The van der Waals surface area contributed by atoms with Gasteiger partial charge in [-0.1, -0.05) is 23.7 Å². The minimum absolute atomic E-state index is 0.0641. The Morgan fingerprint density at radius 3 is 2.67 bits per heavy atom. The fourth-order valence-corrected chi connectivity index (χ4v) is 2.10. The lowest BCUT2D eigenvalue weighted by Gasteiger charge is -2.21. The standard InChI is InChI=1S/C12H14ClF2NO2/c1-12(14,15)11-7(3-2-4-8(11)13)9(16)5-6-10(17)18/h2-4,9H,5-6,16H2,1H3,(H,17,18). The summed E-state index contributed by atoms with van der Waals surface area (Å²) in [6, 6.07) is 3.56. The molecule has 0 saturated carbocycles. The zero-order valence-electron chi connectivity index (χ0n) is 9.79. The van der Waals surface area contributed by atoms with Crippen molar-refractivity contribution in [2.75, 3.05) is 0 Å². The van der Waals surface area contributed by atoms with E-state index >= 15 is 0 Å². The van der Waals surface area contributed by atoms with Crippen molar-refractivity contribution in [1.29, 1.82) is 0 Å². The van der Waals surface area contributed by atoms with Gasteiger partial charge in [0.15, 0.2) is 0 Å². The first kappa shape index (κ1) is 14.9. The predicted molar refractivity (Wildman–Crippen MR) is 64.8 cm³/mol. The Morgan fingerprint density at radius 1 is 1.56 bits per heavy atom. The number of carboxylic acids is 1. The van der Waals surface area contributed by atoms with Gasteiger partial charge in [-0.25, -0.2) is 8.78 Å². The van der Waals surface area contributed by atoms with E-state index in [1.807, 2.05) is 0 Å². The van der Waals surface area contributed by atoms with E-state index in [-0.39, 0.29) is 29.0 Å². The van der Waals surface area contributed by atoms with E-state index < -0.39 is 17.9 Å². The molecule has 0 amide bonds. The average molecular weight is 278 g/mol. The fourth-order valence-electron chi connectivity index (χ4n) is 1.75. The molecule has 0 saturated heterocycles. The van der Waals surface area contributed by atoms with E-state index in [2.05, 4.69) is 0 Å². The number of hydrogen-bond acceptors (Lipinski definition) is 2. The second kappa shape index (κ2) is 5.63. The lowest BCUT2D eigenvalue weighted by Crippen LogP contribution is -2.19. The lowest BCUT2D eigenvalue weighted by atomic mass is 9.94. The maximum Gasteiger partial charge on any atom is 0.303 e. The molecule has 1 aromatic carbocycles. The molecule has 1 rings (SSSR count). The van der Waals surface area contributed by atoms with Crippen molar-refractivity contribution in [2.45, 2.75) is 31.7 Å². The van der Waals surface area contributed by atoms with Crippen LogP contribution in [0.15, 0.2) is 18.2 Å². The quantitative estimate of drug-likeness (QED) is 0.868. The first-order valence-corrected chi connectivity index (χ1v) is 5.75. The van der Waals surface area contributed by atoms with Crippen LogP contribution in [0.3, 0.4) is 0 Å². The highest BCUT2D eigenvalue weighted by Crippen LogP contribution is 2.38. The molecular weight excluding hydrogens is 264 g/mol. The van der Waals surface area contributed by atoms with Gasteiger partial charge in [0.1, 0.15) is 0 Å². The van der Waals surface area contributed by atoms with Crippen LogP contribution in [0, 0.1) is 0 Å². The molecule has 6 heteroatoms. The summed E-state index contributed by atoms with van der Waals surface area (Å²) in [5.74, 6) is -4.13. The summed E-state index contributed by atoms with van der Waals surface area (Å²) in [5, 5.41) is 8.50. The maximum absolute atomic E-state index is 13.5. The number of carbonyl (C=O) groups is 1. The molecule has 0 fully saturated rings. The van der Waals surface area contributed by atoms with Crippen LogP contribution in [-0.2, 0) is 10.7 Å². The Hall–Kier alpha value is -1.20. The molecule has 0 aromatic heterocycles. The zero-order valence-corrected chi connectivity index (χ0v) is 10.5. The summed E-state index contributed by atoms with van der Waals surface area (Å²) in [4.78, 5) is 10.5. The number of carboxylic acid groups (broad SMARTS) is 1. The van der Waals surface area contributed by atoms with Gasteiger partial charge in [-0.15, -0.1) is 0 Å². The van der Waals surface area contributed by atoms with Crippen LogP contribution in [0.4, 0.5) is 8.78 Å². The monoisotopic (exact) mass is 277 g/mol. The van der Waals surface area contributed by atoms with Gasteiger partial charge in [0, 0.05) is 24.9 Å². The molecule has 18 heavy (non-hydrogen) atoms. The van der Waals surface area contributed by atoms with Crippen molar-refractivity contribution in [2.24, 2.45) is 5.73 Å². The van der Waals surface area contributed by atoms with Gasteiger partial charge in [0.2, 0.25) is 0 Å². The minimum Gasteiger partial charge on any atom is -0.481 e. The summed E-state index contributed by atoms with van der Waals surface area (Å²) < 4.78 is 27.0. The number of alkyl halides is 2. The van der Waals surface area contributed by atoms with Crippen LogP contribution in [0.1, 0.15) is 36.9 Å². The van der Waals surface area contributed by atoms with Crippen LogP contribution >= 0.6 is 11.6 Å². The van der Waals surface area contributed by atoms with E-state index in [0.717, 1.165) is 6.92 Å². The summed E-state index contributed by atoms with van der Waals surface area (Å²) in [6.07, 6.45) is -0.0961. The van der Waals surface area contributed by atoms with Gasteiger partial charge in [0.05, 0.1) is 5.02 Å². The van der Waals surface area contributed by atoms with Gasteiger partial charge in [-0.2, -0.15) is 0 Å².